The van der Waals surface area contributed by atoms with Crippen molar-refractivity contribution in [2.75, 3.05) is 32.2 Å². The van der Waals surface area contributed by atoms with Crippen molar-refractivity contribution < 1.29 is 23.8 Å². The predicted molar refractivity (Wildman–Crippen MR) is 77.1 cm³/mol. The van der Waals surface area contributed by atoms with Crippen molar-refractivity contribution >= 4 is 17.8 Å². The Labute approximate surface area is 128 Å². The van der Waals surface area contributed by atoms with Gasteiger partial charge < -0.3 is 19.9 Å². The van der Waals surface area contributed by atoms with E-state index in [1.165, 1.54) is 0 Å². The summed E-state index contributed by atoms with van der Waals surface area (Å²) < 4.78 is 16.1. The predicted octanol–water partition coefficient (Wildman–Crippen LogP) is 0.397. The molecule has 0 unspecified atom stereocenters. The number of nitrogens with zero attached hydrogens (tertiary/aromatic N) is 3. The maximum absolute atomic E-state index is 11.6. The Bertz CT molecular complexity index is 489. The number of hydrogen-bond donors (Lipinski definition) is 1. The number of anilines is 1. The molecule has 0 amide bonds. The van der Waals surface area contributed by atoms with Crippen LogP contribution in [0.15, 0.2) is 0 Å². The van der Waals surface area contributed by atoms with E-state index in [9.17, 15) is 9.59 Å². The second kappa shape index (κ2) is 9.72. The molecule has 0 aliphatic rings. The third-order valence-electron chi connectivity index (χ3n) is 2.65. The van der Waals surface area contributed by atoms with Gasteiger partial charge in [0.05, 0.1) is 13.2 Å². The Hall–Kier alpha value is -2.16. The third kappa shape index (κ3) is 5.68. The van der Waals surface area contributed by atoms with E-state index in [1.54, 1.807) is 6.92 Å². The molecule has 0 aliphatic heterocycles. The van der Waals surface area contributed by atoms with Gasteiger partial charge in [0.1, 0.15) is 13.2 Å². The molecule has 0 aliphatic carbocycles. The molecule has 9 heteroatoms. The summed E-state index contributed by atoms with van der Waals surface area (Å²) in [6, 6.07) is 0. The molecule has 0 aromatic carbocycles. The highest BCUT2D eigenvalue weighted by Gasteiger charge is 2.20. The minimum atomic E-state index is -0.677. The summed E-state index contributed by atoms with van der Waals surface area (Å²) in [5.41, 5.74) is 5.58. The molecular formula is C13H22N4O5. The largest absolute Gasteiger partial charge is 0.462 e. The van der Waals surface area contributed by atoms with Gasteiger partial charge in [0.25, 0.3) is 0 Å². The second-order valence-corrected chi connectivity index (χ2v) is 4.39. The number of ether oxygens (including phenoxy) is 3. The van der Waals surface area contributed by atoms with Crippen LogP contribution >= 0.6 is 0 Å². The normalized spacial score (nSPS) is 10.5. The highest BCUT2D eigenvalue weighted by molar-refractivity contribution is 5.92. The van der Waals surface area contributed by atoms with Crippen LogP contribution in [0.1, 0.15) is 37.2 Å². The fraction of sp³-hybridized carbons (Fsp3) is 0.692. The summed E-state index contributed by atoms with van der Waals surface area (Å²) in [6.07, 6.45) is 2.02. The molecule has 2 N–H and O–H groups in total. The Morgan fingerprint density at radius 1 is 1.18 bits per heavy atom. The van der Waals surface area contributed by atoms with Crippen LogP contribution in [-0.4, -0.2) is 53.4 Å². The van der Waals surface area contributed by atoms with Crippen LogP contribution in [-0.2, 0) is 25.5 Å². The van der Waals surface area contributed by atoms with Crippen molar-refractivity contribution in [3.63, 3.8) is 0 Å². The number of carbonyl (C=O) groups is 2. The average Bonchev–Trinajstić information content (AvgIpc) is 2.84. The lowest BCUT2D eigenvalue weighted by Gasteiger charge is -2.06. The molecule has 9 nitrogen and oxygen atoms in total. The molecule has 0 atom stereocenters. The van der Waals surface area contributed by atoms with E-state index in [0.29, 0.717) is 13.2 Å². The van der Waals surface area contributed by atoms with E-state index < -0.39 is 11.9 Å². The van der Waals surface area contributed by atoms with Gasteiger partial charge in [0, 0.05) is 6.61 Å². The molecule has 1 rings (SSSR count). The van der Waals surface area contributed by atoms with Crippen molar-refractivity contribution in [2.45, 2.75) is 33.2 Å². The van der Waals surface area contributed by atoms with E-state index >= 15 is 0 Å². The number of unbranched alkanes of at least 4 members (excludes halogenated alkanes) is 1. The first-order chi connectivity index (χ1) is 10.6. The number of hydrogen-bond acceptors (Lipinski definition) is 8. The monoisotopic (exact) mass is 314 g/mol. The molecule has 0 fully saturated rings. The number of nitrogens with two attached hydrogens (primary N) is 1. The van der Waals surface area contributed by atoms with Crippen molar-refractivity contribution in [3.8, 4) is 0 Å². The zero-order valence-electron chi connectivity index (χ0n) is 12.9. The highest BCUT2D eigenvalue weighted by Crippen LogP contribution is 2.09. The van der Waals surface area contributed by atoms with Gasteiger partial charge in [-0.1, -0.05) is 18.6 Å². The van der Waals surface area contributed by atoms with E-state index in [2.05, 4.69) is 17.2 Å². The second-order valence-electron chi connectivity index (χ2n) is 4.39. The molecule has 0 radical (unpaired) electrons. The van der Waals surface area contributed by atoms with Crippen LogP contribution in [0.5, 0.6) is 0 Å². The van der Waals surface area contributed by atoms with Crippen LogP contribution < -0.4 is 5.73 Å². The standard InChI is InChI=1S/C13H22N4O5/c1-3-5-6-20-7-8-22-10(18)9-17-12(14)11(15-16-17)13(19)21-4-2/h3-9,14H2,1-2H3. The zero-order valence-corrected chi connectivity index (χ0v) is 12.9. The summed E-state index contributed by atoms with van der Waals surface area (Å²) in [7, 11) is 0. The summed E-state index contributed by atoms with van der Waals surface area (Å²) in [5.74, 6) is -1.25. The molecule has 1 aromatic rings. The van der Waals surface area contributed by atoms with Crippen LogP contribution in [0.25, 0.3) is 0 Å². The first-order valence-electron chi connectivity index (χ1n) is 7.19. The van der Waals surface area contributed by atoms with E-state index in [4.69, 9.17) is 19.9 Å². The van der Waals surface area contributed by atoms with Crippen LogP contribution in [0.2, 0.25) is 0 Å². The lowest BCUT2D eigenvalue weighted by Crippen LogP contribution is -2.19. The molecule has 124 valence electrons. The Balaban J connectivity index is 2.37. The lowest BCUT2D eigenvalue weighted by atomic mass is 10.4. The number of esters is 2. The van der Waals surface area contributed by atoms with Crippen molar-refractivity contribution in [1.29, 1.82) is 0 Å². The summed E-state index contributed by atoms with van der Waals surface area (Å²) in [5, 5.41) is 7.23. The first kappa shape index (κ1) is 17.9. The minimum absolute atomic E-state index is 0.0328. The summed E-state index contributed by atoms with van der Waals surface area (Å²) in [6.45, 7) is 4.84. The molecule has 0 bridgehead atoms. The summed E-state index contributed by atoms with van der Waals surface area (Å²) >= 11 is 0. The number of rotatable bonds is 10. The SMILES string of the molecule is CCCCOCCOC(=O)Cn1nnc(C(=O)OCC)c1N. The van der Waals surface area contributed by atoms with Gasteiger partial charge in [-0.15, -0.1) is 5.10 Å². The van der Waals surface area contributed by atoms with Crippen molar-refractivity contribution in [2.24, 2.45) is 0 Å². The van der Waals surface area contributed by atoms with Crippen molar-refractivity contribution in [3.05, 3.63) is 5.69 Å². The van der Waals surface area contributed by atoms with Crippen LogP contribution in [0, 0.1) is 0 Å². The van der Waals surface area contributed by atoms with Gasteiger partial charge in [-0.05, 0) is 13.3 Å². The molecule has 0 saturated heterocycles. The van der Waals surface area contributed by atoms with Gasteiger partial charge in [0.2, 0.25) is 5.69 Å². The number of carbonyl (C=O) groups excluding carboxylic acids is 2. The Kier molecular flexibility index (Phi) is 7.90. The van der Waals surface area contributed by atoms with Crippen LogP contribution in [0.4, 0.5) is 5.82 Å². The smallest absolute Gasteiger partial charge is 0.362 e. The molecule has 22 heavy (non-hydrogen) atoms. The minimum Gasteiger partial charge on any atom is -0.462 e. The highest BCUT2D eigenvalue weighted by atomic mass is 16.6. The van der Waals surface area contributed by atoms with Gasteiger partial charge in [-0.3, -0.25) is 4.79 Å². The Morgan fingerprint density at radius 2 is 1.95 bits per heavy atom. The fourth-order valence-electron chi connectivity index (χ4n) is 1.51. The maximum Gasteiger partial charge on any atom is 0.362 e. The quantitative estimate of drug-likeness (QED) is 0.487. The Morgan fingerprint density at radius 3 is 2.64 bits per heavy atom. The third-order valence-corrected chi connectivity index (χ3v) is 2.65. The number of nitrogen functional groups attached to an aromatic ring is 1. The van der Waals surface area contributed by atoms with Gasteiger partial charge in [-0.25, -0.2) is 9.48 Å². The van der Waals surface area contributed by atoms with E-state index in [-0.39, 0.29) is 31.3 Å². The maximum atomic E-state index is 11.6. The average molecular weight is 314 g/mol. The molecule has 0 saturated carbocycles. The molecule has 1 heterocycles. The van der Waals surface area contributed by atoms with E-state index in [1.807, 2.05) is 0 Å². The van der Waals surface area contributed by atoms with Gasteiger partial charge in [0.15, 0.2) is 5.82 Å². The topological polar surface area (TPSA) is 119 Å². The first-order valence-corrected chi connectivity index (χ1v) is 7.19. The van der Waals surface area contributed by atoms with E-state index in [0.717, 1.165) is 17.5 Å². The summed E-state index contributed by atoms with van der Waals surface area (Å²) in [4.78, 5) is 23.1. The van der Waals surface area contributed by atoms with Gasteiger partial charge in [-0.2, -0.15) is 0 Å². The molecule has 0 spiro atoms. The lowest BCUT2D eigenvalue weighted by molar-refractivity contribution is -0.146. The number of aromatic nitrogens is 3. The molecular weight excluding hydrogens is 292 g/mol. The molecule has 1 aromatic heterocycles. The van der Waals surface area contributed by atoms with Gasteiger partial charge >= 0.3 is 11.9 Å². The zero-order chi connectivity index (χ0) is 16.4. The van der Waals surface area contributed by atoms with Crippen molar-refractivity contribution in [1.82, 2.24) is 15.0 Å². The van der Waals surface area contributed by atoms with Crippen LogP contribution in [0.3, 0.4) is 0 Å². The fourth-order valence-corrected chi connectivity index (χ4v) is 1.51.